The maximum Gasteiger partial charge on any atom is 0.267 e. The zero-order valence-electron chi connectivity index (χ0n) is 15.1. The summed E-state index contributed by atoms with van der Waals surface area (Å²) in [6, 6.07) is 17.5. The molecule has 7 heteroatoms. The summed E-state index contributed by atoms with van der Waals surface area (Å²) in [6.07, 6.45) is 0.673. The summed E-state index contributed by atoms with van der Waals surface area (Å²) < 4.78 is 16.6. The van der Waals surface area contributed by atoms with Crippen molar-refractivity contribution < 1.29 is 18.8 Å². The molecule has 1 amide bonds. The molecule has 3 aromatic rings. The molecule has 3 heterocycles. The molecule has 0 unspecified atom stereocenters. The van der Waals surface area contributed by atoms with Crippen LogP contribution in [0.15, 0.2) is 65.5 Å². The van der Waals surface area contributed by atoms with E-state index in [1.165, 1.54) is 6.39 Å². The molecule has 1 fully saturated rings. The van der Waals surface area contributed by atoms with Crippen molar-refractivity contribution in [2.24, 2.45) is 0 Å². The molecule has 2 aromatic carbocycles. The number of hydrogen-bond donors (Lipinski definition) is 0. The zero-order valence-corrected chi connectivity index (χ0v) is 15.1. The third-order valence-electron chi connectivity index (χ3n) is 5.35. The molecule has 0 saturated carbocycles. The second kappa shape index (κ2) is 6.99. The Bertz CT molecular complexity index is 961. The van der Waals surface area contributed by atoms with Crippen LogP contribution in [0.4, 0.5) is 0 Å². The Morgan fingerprint density at radius 2 is 1.71 bits per heavy atom. The highest BCUT2D eigenvalue weighted by molar-refractivity contribution is 5.82. The highest BCUT2D eigenvalue weighted by Crippen LogP contribution is 2.39. The van der Waals surface area contributed by atoms with Gasteiger partial charge in [0.1, 0.15) is 6.61 Å². The van der Waals surface area contributed by atoms with Gasteiger partial charge in [-0.05, 0) is 17.7 Å². The van der Waals surface area contributed by atoms with Gasteiger partial charge in [-0.1, -0.05) is 47.6 Å². The van der Waals surface area contributed by atoms with Crippen LogP contribution in [0.25, 0.3) is 0 Å². The molecule has 0 radical (unpaired) electrons. The fourth-order valence-corrected chi connectivity index (χ4v) is 3.97. The van der Waals surface area contributed by atoms with E-state index in [9.17, 15) is 4.79 Å². The molecule has 2 aliphatic heterocycles. The number of hydrogen-bond acceptors (Lipinski definition) is 6. The number of benzene rings is 2. The van der Waals surface area contributed by atoms with E-state index in [-0.39, 0.29) is 24.3 Å². The molecule has 28 heavy (non-hydrogen) atoms. The Morgan fingerprint density at radius 1 is 0.964 bits per heavy atom. The van der Waals surface area contributed by atoms with E-state index in [1.807, 2.05) is 47.4 Å². The van der Waals surface area contributed by atoms with Crippen LogP contribution in [-0.2, 0) is 4.79 Å². The number of nitrogens with zero attached hydrogens (tertiary/aromatic N) is 3. The summed E-state index contributed by atoms with van der Waals surface area (Å²) in [6.45, 7) is 1.29. The average molecular weight is 377 g/mol. The lowest BCUT2D eigenvalue weighted by Gasteiger charge is -2.28. The molecule has 3 atom stereocenters. The Balaban J connectivity index is 1.38. The highest BCUT2D eigenvalue weighted by atomic mass is 16.6. The van der Waals surface area contributed by atoms with Crippen LogP contribution in [0.2, 0.25) is 0 Å². The third kappa shape index (κ3) is 2.98. The summed E-state index contributed by atoms with van der Waals surface area (Å²) in [4.78, 5) is 19.2. The lowest BCUT2D eigenvalue weighted by molar-refractivity contribution is -0.140. The maximum absolute atomic E-state index is 13.2. The van der Waals surface area contributed by atoms with Crippen molar-refractivity contribution in [1.29, 1.82) is 0 Å². The van der Waals surface area contributed by atoms with Gasteiger partial charge in [0.2, 0.25) is 12.5 Å². The van der Waals surface area contributed by atoms with E-state index in [1.54, 1.807) is 0 Å². The molecule has 0 spiro atoms. The molecule has 0 aliphatic carbocycles. The van der Waals surface area contributed by atoms with Crippen LogP contribution in [0, 0.1) is 0 Å². The van der Waals surface area contributed by atoms with Crippen LogP contribution in [0.1, 0.15) is 23.2 Å². The normalized spacial score (nSPS) is 23.6. The molecular formula is C21H19N3O4. The van der Waals surface area contributed by atoms with Gasteiger partial charge in [0, 0.05) is 24.9 Å². The fourth-order valence-electron chi connectivity index (χ4n) is 3.97. The molecule has 0 bridgehead atoms. The van der Waals surface area contributed by atoms with E-state index in [0.717, 1.165) is 5.56 Å². The van der Waals surface area contributed by atoms with Crippen molar-refractivity contribution in [1.82, 2.24) is 15.0 Å². The number of rotatable bonds is 3. The predicted octanol–water partition coefficient (Wildman–Crippen LogP) is 2.62. The van der Waals surface area contributed by atoms with E-state index >= 15 is 0 Å². The molecule has 5 rings (SSSR count). The number of ether oxygens (including phenoxy) is 2. The minimum atomic E-state index is -0.657. The van der Waals surface area contributed by atoms with E-state index < -0.39 is 6.10 Å². The topological polar surface area (TPSA) is 77.7 Å². The second-order valence-corrected chi connectivity index (χ2v) is 7.02. The van der Waals surface area contributed by atoms with Gasteiger partial charge in [-0.25, -0.2) is 0 Å². The maximum atomic E-state index is 13.2. The summed E-state index contributed by atoms with van der Waals surface area (Å²) in [5.74, 6) is 1.87. The van der Waals surface area contributed by atoms with Gasteiger partial charge in [-0.2, -0.15) is 4.98 Å². The minimum absolute atomic E-state index is 0.0260. The van der Waals surface area contributed by atoms with Gasteiger partial charge in [-0.3, -0.25) is 4.79 Å². The monoisotopic (exact) mass is 377 g/mol. The van der Waals surface area contributed by atoms with Crippen molar-refractivity contribution in [2.45, 2.75) is 17.9 Å². The first-order valence-electron chi connectivity index (χ1n) is 9.28. The smallest absolute Gasteiger partial charge is 0.267 e. The van der Waals surface area contributed by atoms with Crippen LogP contribution in [0.3, 0.4) is 0 Å². The number of amides is 1. The molecule has 7 nitrogen and oxygen atoms in total. The largest absolute Gasteiger partial charge is 0.485 e. The third-order valence-corrected chi connectivity index (χ3v) is 5.35. The first-order chi connectivity index (χ1) is 13.8. The summed E-state index contributed by atoms with van der Waals surface area (Å²) in [5, 5.41) is 4.03. The van der Waals surface area contributed by atoms with Crippen LogP contribution >= 0.6 is 0 Å². The Labute approximate surface area is 161 Å². The van der Waals surface area contributed by atoms with E-state index in [4.69, 9.17) is 14.0 Å². The predicted molar refractivity (Wildman–Crippen MR) is 99.2 cm³/mol. The van der Waals surface area contributed by atoms with Gasteiger partial charge in [-0.15, -0.1) is 0 Å². The molecule has 1 saturated heterocycles. The highest BCUT2D eigenvalue weighted by Gasteiger charge is 2.42. The van der Waals surface area contributed by atoms with Gasteiger partial charge in [0.25, 0.3) is 5.91 Å². The summed E-state index contributed by atoms with van der Waals surface area (Å²) in [5.41, 5.74) is 1.15. The number of likely N-dealkylation sites (tertiary alicyclic amines) is 1. The number of carbonyl (C=O) groups is 1. The van der Waals surface area contributed by atoms with E-state index in [2.05, 4.69) is 22.3 Å². The van der Waals surface area contributed by atoms with Gasteiger partial charge in [0.05, 0.1) is 0 Å². The molecule has 1 aromatic heterocycles. The first kappa shape index (κ1) is 16.8. The Hall–Kier alpha value is -3.35. The lowest BCUT2D eigenvalue weighted by atomic mass is 9.88. The molecule has 142 valence electrons. The Kier molecular flexibility index (Phi) is 4.20. The Morgan fingerprint density at radius 3 is 2.50 bits per heavy atom. The van der Waals surface area contributed by atoms with Gasteiger partial charge in [0.15, 0.2) is 17.3 Å². The van der Waals surface area contributed by atoms with Crippen LogP contribution in [-0.4, -0.2) is 46.7 Å². The standard InChI is InChI=1S/C21H19N3O4/c25-21(19-12-26-17-8-4-5-9-18(17)28-19)24-10-15(14-6-2-1-3-7-14)16(11-24)20-22-13-27-23-20/h1-9,13,15-16,19H,10-12H2/t15-,16-,19+/m1/s1. The summed E-state index contributed by atoms with van der Waals surface area (Å²) >= 11 is 0. The van der Waals surface area contributed by atoms with Crippen molar-refractivity contribution in [3.63, 3.8) is 0 Å². The molecule has 2 aliphatic rings. The number of para-hydroxylation sites is 2. The van der Waals surface area contributed by atoms with Gasteiger partial charge < -0.3 is 18.9 Å². The minimum Gasteiger partial charge on any atom is -0.485 e. The van der Waals surface area contributed by atoms with Crippen LogP contribution < -0.4 is 9.47 Å². The lowest BCUT2D eigenvalue weighted by Crippen LogP contribution is -2.45. The fraction of sp³-hybridized carbons (Fsp3) is 0.286. The number of aromatic nitrogens is 2. The van der Waals surface area contributed by atoms with Crippen molar-refractivity contribution in [2.75, 3.05) is 19.7 Å². The van der Waals surface area contributed by atoms with Gasteiger partial charge >= 0.3 is 0 Å². The van der Waals surface area contributed by atoms with Crippen LogP contribution in [0.5, 0.6) is 11.5 Å². The zero-order chi connectivity index (χ0) is 18.9. The molecular weight excluding hydrogens is 358 g/mol. The first-order valence-corrected chi connectivity index (χ1v) is 9.28. The number of fused-ring (bicyclic) bond motifs is 1. The van der Waals surface area contributed by atoms with Crippen molar-refractivity contribution >= 4 is 5.91 Å². The average Bonchev–Trinajstić information content (AvgIpc) is 3.43. The SMILES string of the molecule is O=C([C@@H]1COc2ccccc2O1)N1C[C@H](c2ccccc2)[C@H](c2ncon2)C1. The molecule has 0 N–H and O–H groups in total. The number of carbonyl (C=O) groups excluding carboxylic acids is 1. The summed E-state index contributed by atoms with van der Waals surface area (Å²) in [7, 11) is 0. The second-order valence-electron chi connectivity index (χ2n) is 7.02. The quantitative estimate of drug-likeness (QED) is 0.698. The van der Waals surface area contributed by atoms with E-state index in [0.29, 0.717) is 30.4 Å². The van der Waals surface area contributed by atoms with Crippen molar-refractivity contribution in [3.8, 4) is 11.5 Å². The van der Waals surface area contributed by atoms with Crippen molar-refractivity contribution in [3.05, 3.63) is 72.4 Å².